The minimum absolute atomic E-state index is 0.114. The van der Waals surface area contributed by atoms with Crippen molar-refractivity contribution in [3.8, 4) is 5.75 Å². The van der Waals surface area contributed by atoms with Crippen LogP contribution >= 0.6 is 11.5 Å². The zero-order chi connectivity index (χ0) is 15.4. The van der Waals surface area contributed by atoms with E-state index in [9.17, 15) is 20.0 Å². The van der Waals surface area contributed by atoms with Crippen LogP contribution in [-0.2, 0) is 0 Å². The number of hydrazone groups is 1. The fourth-order valence-electron chi connectivity index (χ4n) is 1.41. The number of benzene rings is 1. The predicted octanol–water partition coefficient (Wildman–Crippen LogP) is 1.22. The fourth-order valence-corrected chi connectivity index (χ4v) is 1.96. The molecule has 0 aliphatic carbocycles. The molecule has 0 atom stereocenters. The second kappa shape index (κ2) is 6.05. The summed E-state index contributed by atoms with van der Waals surface area (Å²) in [7, 11) is 0. The molecule has 108 valence electrons. The van der Waals surface area contributed by atoms with E-state index >= 15 is 0 Å². The third kappa shape index (κ3) is 3.36. The highest BCUT2D eigenvalue weighted by molar-refractivity contribution is 7.07. The lowest BCUT2D eigenvalue weighted by Crippen LogP contribution is -2.17. The van der Waals surface area contributed by atoms with E-state index in [0.717, 1.165) is 29.9 Å². The van der Waals surface area contributed by atoms with Crippen LogP contribution in [0.15, 0.2) is 23.3 Å². The van der Waals surface area contributed by atoms with Crippen LogP contribution in [0.4, 0.5) is 5.69 Å². The molecule has 0 unspecified atom stereocenters. The monoisotopic (exact) mass is 307 g/mol. The molecule has 21 heavy (non-hydrogen) atoms. The number of aromatic hydroxyl groups is 1. The summed E-state index contributed by atoms with van der Waals surface area (Å²) >= 11 is 0.928. The maximum atomic E-state index is 11.7. The van der Waals surface area contributed by atoms with Crippen molar-refractivity contribution in [3.05, 3.63) is 44.4 Å². The fraction of sp³-hybridized carbons (Fsp3) is 0.0909. The summed E-state index contributed by atoms with van der Waals surface area (Å²) in [6.07, 6.45) is 1.12. The van der Waals surface area contributed by atoms with Gasteiger partial charge in [-0.05, 0) is 24.5 Å². The van der Waals surface area contributed by atoms with E-state index < -0.39 is 10.8 Å². The van der Waals surface area contributed by atoms with Crippen LogP contribution in [0.3, 0.4) is 0 Å². The summed E-state index contributed by atoms with van der Waals surface area (Å²) in [4.78, 5) is 22.1. The van der Waals surface area contributed by atoms with Crippen molar-refractivity contribution >= 4 is 29.3 Å². The third-order valence-electron chi connectivity index (χ3n) is 2.45. The topological polar surface area (TPSA) is 131 Å². The maximum Gasteiger partial charge on any atom is 0.285 e. The average molecular weight is 307 g/mol. The Hall–Kier alpha value is -2.88. The first-order chi connectivity index (χ1) is 9.99. The lowest BCUT2D eigenvalue weighted by Gasteiger charge is -1.99. The van der Waals surface area contributed by atoms with Gasteiger partial charge in [0.15, 0.2) is 0 Å². The van der Waals surface area contributed by atoms with Crippen molar-refractivity contribution in [3.63, 3.8) is 0 Å². The number of aromatic nitrogens is 2. The molecule has 0 fully saturated rings. The van der Waals surface area contributed by atoms with Crippen LogP contribution in [-0.4, -0.2) is 31.7 Å². The summed E-state index contributed by atoms with van der Waals surface area (Å²) in [6, 6.07) is 3.49. The number of hydrogen-bond acceptors (Lipinski definition) is 8. The molecule has 2 rings (SSSR count). The molecular formula is C11H9N5O4S. The summed E-state index contributed by atoms with van der Waals surface area (Å²) in [5.74, 6) is -0.682. The Morgan fingerprint density at radius 3 is 2.95 bits per heavy atom. The van der Waals surface area contributed by atoms with Gasteiger partial charge in [0.1, 0.15) is 10.6 Å². The van der Waals surface area contributed by atoms with Gasteiger partial charge in [-0.1, -0.05) is 4.49 Å². The molecule has 0 radical (unpaired) electrons. The van der Waals surface area contributed by atoms with E-state index in [0.29, 0.717) is 10.6 Å². The van der Waals surface area contributed by atoms with Gasteiger partial charge in [0, 0.05) is 17.7 Å². The van der Waals surface area contributed by atoms with Gasteiger partial charge < -0.3 is 5.11 Å². The first-order valence-corrected chi connectivity index (χ1v) is 6.36. The van der Waals surface area contributed by atoms with Crippen molar-refractivity contribution in [2.75, 3.05) is 0 Å². The second-order valence-electron chi connectivity index (χ2n) is 3.89. The number of phenols is 1. The van der Waals surface area contributed by atoms with E-state index in [1.165, 1.54) is 6.07 Å². The van der Waals surface area contributed by atoms with Crippen LogP contribution in [0.5, 0.6) is 5.75 Å². The molecule has 0 aliphatic rings. The largest absolute Gasteiger partial charge is 0.507 e. The minimum atomic E-state index is -0.596. The zero-order valence-corrected chi connectivity index (χ0v) is 11.5. The lowest BCUT2D eigenvalue weighted by atomic mass is 10.2. The Morgan fingerprint density at radius 1 is 1.57 bits per heavy atom. The van der Waals surface area contributed by atoms with Crippen molar-refractivity contribution in [1.82, 2.24) is 15.0 Å². The quantitative estimate of drug-likeness (QED) is 0.496. The number of carbonyl (C=O) groups is 1. The normalized spacial score (nSPS) is 10.7. The molecule has 9 nitrogen and oxygen atoms in total. The Bertz CT molecular complexity index is 727. The van der Waals surface area contributed by atoms with Gasteiger partial charge in [-0.15, -0.1) is 5.10 Å². The number of nitrogens with zero attached hydrogens (tertiary/aromatic N) is 4. The van der Waals surface area contributed by atoms with Crippen molar-refractivity contribution < 1.29 is 14.8 Å². The molecule has 2 N–H and O–H groups in total. The number of nitrogens with one attached hydrogen (secondary N) is 1. The number of phenolic OH excluding ortho intramolecular Hbond substituents is 1. The van der Waals surface area contributed by atoms with Crippen LogP contribution in [0.25, 0.3) is 0 Å². The highest BCUT2D eigenvalue weighted by Crippen LogP contribution is 2.21. The Balaban J connectivity index is 2.11. The lowest BCUT2D eigenvalue weighted by molar-refractivity contribution is -0.384. The van der Waals surface area contributed by atoms with Crippen LogP contribution in [0, 0.1) is 17.0 Å². The summed E-state index contributed by atoms with van der Waals surface area (Å²) in [5, 5.41) is 27.5. The molecule has 0 spiro atoms. The predicted molar refractivity (Wildman–Crippen MR) is 74.5 cm³/mol. The van der Waals surface area contributed by atoms with Gasteiger partial charge in [-0.3, -0.25) is 14.9 Å². The number of nitro benzene ring substituents is 1. The van der Waals surface area contributed by atoms with E-state index in [-0.39, 0.29) is 17.0 Å². The van der Waals surface area contributed by atoms with E-state index in [2.05, 4.69) is 20.1 Å². The number of non-ortho nitro benzene ring substituents is 1. The number of amides is 1. The maximum absolute atomic E-state index is 11.7. The molecule has 0 bridgehead atoms. The van der Waals surface area contributed by atoms with Gasteiger partial charge in [0.25, 0.3) is 11.6 Å². The minimum Gasteiger partial charge on any atom is -0.507 e. The number of hydrogen-bond donors (Lipinski definition) is 2. The summed E-state index contributed by atoms with van der Waals surface area (Å²) in [6.45, 7) is 1.63. The van der Waals surface area contributed by atoms with Crippen LogP contribution in [0.2, 0.25) is 0 Å². The van der Waals surface area contributed by atoms with Gasteiger partial charge in [0.2, 0.25) is 0 Å². The Morgan fingerprint density at radius 2 is 2.33 bits per heavy atom. The van der Waals surface area contributed by atoms with Crippen LogP contribution < -0.4 is 5.43 Å². The molecular weight excluding hydrogens is 298 g/mol. The first-order valence-electron chi connectivity index (χ1n) is 5.59. The number of aryl methyl sites for hydroxylation is 1. The SMILES string of the molecule is Cc1nnsc1C(=O)NN=Cc1cc([N+](=O)[O-])ccc1O. The molecule has 1 amide bonds. The summed E-state index contributed by atoms with van der Waals surface area (Å²) < 4.78 is 3.62. The zero-order valence-electron chi connectivity index (χ0n) is 10.7. The number of rotatable bonds is 4. The van der Waals surface area contributed by atoms with Crippen molar-refractivity contribution in [2.45, 2.75) is 6.92 Å². The number of nitro groups is 1. The molecule has 1 aromatic heterocycles. The van der Waals surface area contributed by atoms with E-state index in [1.54, 1.807) is 6.92 Å². The second-order valence-corrected chi connectivity index (χ2v) is 4.64. The van der Waals surface area contributed by atoms with Gasteiger partial charge in [0.05, 0.1) is 16.8 Å². The standard InChI is InChI=1S/C11H9N5O4S/c1-6-10(21-15-13-6)11(18)14-12-5-7-4-8(16(19)20)2-3-9(7)17/h2-5,17H,1H3,(H,14,18). The average Bonchev–Trinajstić information content (AvgIpc) is 2.86. The number of carbonyl (C=O) groups excluding carboxylic acids is 1. The van der Waals surface area contributed by atoms with Gasteiger partial charge in [-0.2, -0.15) is 5.10 Å². The van der Waals surface area contributed by atoms with Crippen LogP contribution in [0.1, 0.15) is 20.9 Å². The van der Waals surface area contributed by atoms with E-state index in [1.807, 2.05) is 0 Å². The highest BCUT2D eigenvalue weighted by atomic mass is 32.1. The van der Waals surface area contributed by atoms with Gasteiger partial charge in [-0.25, -0.2) is 5.43 Å². The van der Waals surface area contributed by atoms with E-state index in [4.69, 9.17) is 0 Å². The van der Waals surface area contributed by atoms with Crippen molar-refractivity contribution in [2.24, 2.45) is 5.10 Å². The molecule has 2 aromatic rings. The molecule has 0 saturated heterocycles. The smallest absolute Gasteiger partial charge is 0.285 e. The van der Waals surface area contributed by atoms with Gasteiger partial charge >= 0.3 is 0 Å². The summed E-state index contributed by atoms with van der Waals surface area (Å²) in [5.41, 5.74) is 2.63. The highest BCUT2D eigenvalue weighted by Gasteiger charge is 2.12. The molecule has 1 aromatic carbocycles. The third-order valence-corrected chi connectivity index (χ3v) is 3.28. The Labute approximate surface area is 122 Å². The molecule has 0 aliphatic heterocycles. The molecule has 10 heteroatoms. The molecule has 0 saturated carbocycles. The molecule has 1 heterocycles. The first kappa shape index (κ1) is 14.5. The Kier molecular flexibility index (Phi) is 4.18. The van der Waals surface area contributed by atoms with Crippen molar-refractivity contribution in [1.29, 1.82) is 0 Å².